The fraction of sp³-hybridized carbons (Fsp3) is 0.583. The highest BCUT2D eigenvalue weighted by Crippen LogP contribution is 2.32. The number of carbonyl (C=O) groups excluding carboxylic acids is 1. The van der Waals surface area contributed by atoms with Crippen molar-refractivity contribution in [2.75, 3.05) is 18.8 Å². The van der Waals surface area contributed by atoms with Gasteiger partial charge in [0.25, 0.3) is 0 Å². The molecule has 1 aliphatic carbocycles. The molecule has 2 aliphatic rings. The van der Waals surface area contributed by atoms with Gasteiger partial charge in [-0.2, -0.15) is 0 Å². The summed E-state index contributed by atoms with van der Waals surface area (Å²) in [6, 6.07) is 4.97. The van der Waals surface area contributed by atoms with Crippen LogP contribution in [-0.4, -0.2) is 55.8 Å². The zero-order valence-electron chi connectivity index (χ0n) is 18.7. The summed E-state index contributed by atoms with van der Waals surface area (Å²) in [7, 11) is 0. The van der Waals surface area contributed by atoms with Crippen LogP contribution in [-0.2, 0) is 4.79 Å². The third-order valence-electron chi connectivity index (χ3n) is 6.65. The van der Waals surface area contributed by atoms with Gasteiger partial charge in [0.15, 0.2) is 0 Å². The lowest BCUT2D eigenvalue weighted by Crippen LogP contribution is -2.49. The van der Waals surface area contributed by atoms with Crippen LogP contribution in [0.5, 0.6) is 0 Å². The van der Waals surface area contributed by atoms with Crippen molar-refractivity contribution < 1.29 is 4.79 Å². The maximum atomic E-state index is 13.3. The number of nitrogens with zero attached hydrogens (tertiary/aromatic N) is 5. The number of aromatic nitrogens is 3. The van der Waals surface area contributed by atoms with Crippen LogP contribution in [0.4, 0.5) is 5.95 Å². The van der Waals surface area contributed by atoms with Gasteiger partial charge in [0.2, 0.25) is 11.9 Å². The van der Waals surface area contributed by atoms with Crippen LogP contribution in [0.15, 0.2) is 30.7 Å². The second-order valence-corrected chi connectivity index (χ2v) is 9.12. The number of hydrogen-bond acceptors (Lipinski definition) is 6. The minimum atomic E-state index is 0.195. The summed E-state index contributed by atoms with van der Waals surface area (Å²) in [6.45, 7) is 5.72. The maximum absolute atomic E-state index is 13.3. The smallest absolute Gasteiger partial charge is 0.237 e. The van der Waals surface area contributed by atoms with Crippen LogP contribution in [0, 0.1) is 0 Å². The Bertz CT molecular complexity index is 861. The Balaban J connectivity index is 1.44. The zero-order valence-corrected chi connectivity index (χ0v) is 18.7. The zero-order chi connectivity index (χ0) is 21.8. The van der Waals surface area contributed by atoms with Crippen molar-refractivity contribution in [1.82, 2.24) is 24.8 Å². The molecule has 166 valence electrons. The van der Waals surface area contributed by atoms with Gasteiger partial charge >= 0.3 is 0 Å². The molecule has 0 aromatic carbocycles. The lowest BCUT2D eigenvalue weighted by atomic mass is 9.93. The monoisotopic (exact) mass is 422 g/mol. The van der Waals surface area contributed by atoms with Crippen LogP contribution >= 0.6 is 0 Å². The third kappa shape index (κ3) is 5.03. The molecule has 31 heavy (non-hydrogen) atoms. The molecule has 2 aromatic heterocycles. The van der Waals surface area contributed by atoms with E-state index < -0.39 is 0 Å². The molecule has 2 aromatic rings. The summed E-state index contributed by atoms with van der Waals surface area (Å²) in [6.07, 6.45) is 13.5. The second-order valence-electron chi connectivity index (χ2n) is 9.12. The van der Waals surface area contributed by atoms with Crippen molar-refractivity contribution in [3.8, 4) is 11.1 Å². The van der Waals surface area contributed by atoms with Gasteiger partial charge in [-0.3, -0.25) is 14.7 Å². The topological polar surface area (TPSA) is 88.2 Å². The number of anilines is 1. The third-order valence-corrected chi connectivity index (χ3v) is 6.65. The molecule has 1 atom stereocenters. The van der Waals surface area contributed by atoms with E-state index in [0.717, 1.165) is 49.0 Å². The first-order chi connectivity index (χ1) is 15.0. The van der Waals surface area contributed by atoms with E-state index in [1.165, 1.54) is 19.3 Å². The molecule has 7 heteroatoms. The van der Waals surface area contributed by atoms with E-state index in [-0.39, 0.29) is 23.9 Å². The highest BCUT2D eigenvalue weighted by molar-refractivity contribution is 5.79. The van der Waals surface area contributed by atoms with Crippen molar-refractivity contribution in [3.05, 3.63) is 36.4 Å². The largest absolute Gasteiger partial charge is 0.368 e. The van der Waals surface area contributed by atoms with Crippen LogP contribution in [0.25, 0.3) is 11.1 Å². The van der Waals surface area contributed by atoms with Gasteiger partial charge in [0.1, 0.15) is 0 Å². The van der Waals surface area contributed by atoms with Crippen LogP contribution in [0.3, 0.4) is 0 Å². The minimum absolute atomic E-state index is 0.195. The molecule has 2 fully saturated rings. The summed E-state index contributed by atoms with van der Waals surface area (Å²) in [5.41, 5.74) is 8.47. The number of pyridine rings is 1. The number of nitrogen functional groups attached to an aromatic ring is 1. The van der Waals surface area contributed by atoms with Gasteiger partial charge in [0, 0.05) is 41.8 Å². The Hall–Kier alpha value is -2.54. The fourth-order valence-electron chi connectivity index (χ4n) is 5.14. The van der Waals surface area contributed by atoms with E-state index in [9.17, 15) is 4.79 Å². The Morgan fingerprint density at radius 3 is 2.39 bits per heavy atom. The van der Waals surface area contributed by atoms with Crippen molar-refractivity contribution >= 4 is 11.9 Å². The lowest BCUT2D eigenvalue weighted by molar-refractivity contribution is -0.137. The predicted molar refractivity (Wildman–Crippen MR) is 122 cm³/mol. The quantitative estimate of drug-likeness (QED) is 0.761. The minimum Gasteiger partial charge on any atom is -0.368 e. The molecule has 7 nitrogen and oxygen atoms in total. The summed E-state index contributed by atoms with van der Waals surface area (Å²) in [5.74, 6) is 0.535. The molecular formula is C24H34N6O. The number of likely N-dealkylation sites (tertiary alicyclic amines) is 1. The molecule has 0 bridgehead atoms. The first kappa shape index (κ1) is 21.7. The SMILES string of the molecule is CC(C)N(C(=O)CN1CCC[C@@H]1c1ccc(-c2cnc(N)nc2)cn1)C1CCCCC1. The molecule has 0 spiro atoms. The number of amides is 1. The summed E-state index contributed by atoms with van der Waals surface area (Å²) >= 11 is 0. The van der Waals surface area contributed by atoms with Crippen molar-refractivity contribution in [2.45, 2.75) is 76.9 Å². The molecule has 0 radical (unpaired) electrons. The first-order valence-corrected chi connectivity index (χ1v) is 11.6. The highest BCUT2D eigenvalue weighted by Gasteiger charge is 2.33. The summed E-state index contributed by atoms with van der Waals surface area (Å²) < 4.78 is 0. The number of rotatable bonds is 6. The normalized spacial score (nSPS) is 20.3. The van der Waals surface area contributed by atoms with E-state index >= 15 is 0 Å². The molecule has 3 heterocycles. The molecule has 1 amide bonds. The van der Waals surface area contributed by atoms with Gasteiger partial charge in [-0.25, -0.2) is 9.97 Å². The van der Waals surface area contributed by atoms with Gasteiger partial charge < -0.3 is 10.6 Å². The van der Waals surface area contributed by atoms with Crippen molar-refractivity contribution in [1.29, 1.82) is 0 Å². The van der Waals surface area contributed by atoms with Gasteiger partial charge in [-0.05, 0) is 52.1 Å². The van der Waals surface area contributed by atoms with Crippen molar-refractivity contribution in [2.24, 2.45) is 0 Å². The van der Waals surface area contributed by atoms with Crippen LogP contribution in [0.2, 0.25) is 0 Å². The van der Waals surface area contributed by atoms with Crippen molar-refractivity contribution in [3.63, 3.8) is 0 Å². The van der Waals surface area contributed by atoms with E-state index in [4.69, 9.17) is 10.7 Å². The summed E-state index contributed by atoms with van der Waals surface area (Å²) in [4.78, 5) is 30.6. The Kier molecular flexibility index (Phi) is 6.80. The molecule has 4 rings (SSSR count). The maximum Gasteiger partial charge on any atom is 0.237 e. The number of carbonyl (C=O) groups is 1. The van der Waals surface area contributed by atoms with E-state index in [1.54, 1.807) is 12.4 Å². The molecule has 0 unspecified atom stereocenters. The number of nitrogens with two attached hydrogens (primary N) is 1. The van der Waals surface area contributed by atoms with E-state index in [1.807, 2.05) is 6.20 Å². The second kappa shape index (κ2) is 9.73. The first-order valence-electron chi connectivity index (χ1n) is 11.6. The number of hydrogen-bond donors (Lipinski definition) is 1. The van der Waals surface area contributed by atoms with Gasteiger partial charge in [0.05, 0.1) is 18.3 Å². The van der Waals surface area contributed by atoms with E-state index in [2.05, 4.69) is 45.7 Å². The average Bonchev–Trinajstić information content (AvgIpc) is 3.23. The van der Waals surface area contributed by atoms with E-state index in [0.29, 0.717) is 12.6 Å². The van der Waals surface area contributed by atoms with Crippen LogP contribution < -0.4 is 5.73 Å². The average molecular weight is 423 g/mol. The molecule has 2 N–H and O–H groups in total. The lowest BCUT2D eigenvalue weighted by Gasteiger charge is -2.38. The fourth-order valence-corrected chi connectivity index (χ4v) is 5.14. The highest BCUT2D eigenvalue weighted by atomic mass is 16.2. The van der Waals surface area contributed by atoms with Gasteiger partial charge in [-0.15, -0.1) is 0 Å². The molecular weight excluding hydrogens is 388 g/mol. The molecule has 1 saturated heterocycles. The Morgan fingerprint density at radius 1 is 1.03 bits per heavy atom. The molecule has 1 aliphatic heterocycles. The Morgan fingerprint density at radius 2 is 1.74 bits per heavy atom. The van der Waals surface area contributed by atoms with Gasteiger partial charge in [-0.1, -0.05) is 25.3 Å². The Labute approximate surface area is 185 Å². The van der Waals surface area contributed by atoms with Crippen LogP contribution in [0.1, 0.15) is 70.5 Å². The predicted octanol–water partition coefficient (Wildman–Crippen LogP) is 3.83. The summed E-state index contributed by atoms with van der Waals surface area (Å²) in [5, 5.41) is 0. The molecule has 1 saturated carbocycles. The standard InChI is InChI=1S/C24H34N6O/c1-17(2)30(20-7-4-3-5-8-20)23(31)16-29-12-6-9-22(29)21-11-10-18(13-26-21)19-14-27-24(25)28-15-19/h10-11,13-15,17,20,22H,3-9,12,16H2,1-2H3,(H2,25,27,28)/t22-/m1/s1.